The molecule has 1 aliphatic carbocycles. The number of hydrogen-bond donors (Lipinski definition) is 2. The molecule has 4 nitrogen and oxygen atoms in total. The van der Waals surface area contributed by atoms with Gasteiger partial charge in [-0.2, -0.15) is 0 Å². The third-order valence-electron chi connectivity index (χ3n) is 5.26. The third-order valence-corrected chi connectivity index (χ3v) is 5.26. The Bertz CT molecular complexity index is 893. The van der Waals surface area contributed by atoms with Crippen LogP contribution in [0.25, 0.3) is 10.9 Å². The summed E-state index contributed by atoms with van der Waals surface area (Å²) >= 11 is 0. The van der Waals surface area contributed by atoms with Crippen molar-refractivity contribution in [2.24, 2.45) is 0 Å². The summed E-state index contributed by atoms with van der Waals surface area (Å²) in [6, 6.07) is 20.5. The van der Waals surface area contributed by atoms with Crippen LogP contribution >= 0.6 is 0 Å². The van der Waals surface area contributed by atoms with E-state index in [4.69, 9.17) is 0 Å². The van der Waals surface area contributed by atoms with Crippen molar-refractivity contribution < 1.29 is 9.90 Å². The summed E-state index contributed by atoms with van der Waals surface area (Å²) in [5.41, 5.74) is 2.94. The smallest absolute Gasteiger partial charge is 0.268 e. The van der Waals surface area contributed by atoms with Crippen molar-refractivity contribution in [3.8, 4) is 0 Å². The maximum absolute atomic E-state index is 13.0. The van der Waals surface area contributed by atoms with Crippen LogP contribution in [0.2, 0.25) is 0 Å². The highest BCUT2D eigenvalue weighted by Gasteiger charge is 2.23. The number of para-hydroxylation sites is 1. The fraction of sp³-hybridized carbons (Fsp3) is 0.318. The first-order valence-electron chi connectivity index (χ1n) is 9.32. The molecule has 4 heteroatoms. The number of benzene rings is 2. The van der Waals surface area contributed by atoms with Gasteiger partial charge in [-0.05, 0) is 43.4 Å². The zero-order chi connectivity index (χ0) is 17.9. The minimum atomic E-state index is -0.215. The Kier molecular flexibility index (Phi) is 4.76. The molecule has 0 bridgehead atoms. The van der Waals surface area contributed by atoms with Crippen molar-refractivity contribution >= 4 is 16.8 Å². The van der Waals surface area contributed by atoms with E-state index >= 15 is 0 Å². The SMILES string of the molecule is O=C(NC1CCC(O)CC1)c1cc2ccccc2n1Cc1ccccc1. The first-order chi connectivity index (χ1) is 12.7. The molecular formula is C22H24N2O2. The number of nitrogens with one attached hydrogen (secondary N) is 1. The zero-order valence-corrected chi connectivity index (χ0v) is 14.8. The second-order valence-electron chi connectivity index (χ2n) is 7.14. The van der Waals surface area contributed by atoms with Crippen LogP contribution in [-0.4, -0.2) is 27.7 Å². The van der Waals surface area contributed by atoms with Gasteiger partial charge in [0.2, 0.25) is 0 Å². The van der Waals surface area contributed by atoms with E-state index in [0.717, 1.165) is 36.6 Å². The largest absolute Gasteiger partial charge is 0.393 e. The standard InChI is InChI=1S/C22H24N2O2/c25-19-12-10-18(11-13-19)23-22(26)21-14-17-8-4-5-9-20(17)24(21)15-16-6-2-1-3-7-16/h1-9,14,18-19,25H,10-13,15H2,(H,23,26). The summed E-state index contributed by atoms with van der Waals surface area (Å²) in [7, 11) is 0. The number of carbonyl (C=O) groups is 1. The molecule has 1 amide bonds. The summed E-state index contributed by atoms with van der Waals surface area (Å²) in [6.07, 6.45) is 2.99. The maximum Gasteiger partial charge on any atom is 0.268 e. The minimum Gasteiger partial charge on any atom is -0.393 e. The van der Waals surface area contributed by atoms with Gasteiger partial charge in [0.15, 0.2) is 0 Å². The van der Waals surface area contributed by atoms with E-state index in [0.29, 0.717) is 12.2 Å². The van der Waals surface area contributed by atoms with Crippen LogP contribution in [0.4, 0.5) is 0 Å². The Morgan fingerprint density at radius 1 is 1.00 bits per heavy atom. The number of carbonyl (C=O) groups excluding carboxylic acids is 1. The molecule has 1 fully saturated rings. The summed E-state index contributed by atoms with van der Waals surface area (Å²) in [4.78, 5) is 13.0. The van der Waals surface area contributed by atoms with E-state index in [1.807, 2.05) is 42.5 Å². The molecule has 1 saturated carbocycles. The molecule has 134 valence electrons. The molecule has 26 heavy (non-hydrogen) atoms. The van der Waals surface area contributed by atoms with Gasteiger partial charge in [0, 0.05) is 23.5 Å². The van der Waals surface area contributed by atoms with Gasteiger partial charge in [0.05, 0.1) is 6.10 Å². The Labute approximate surface area is 153 Å². The number of fused-ring (bicyclic) bond motifs is 1. The van der Waals surface area contributed by atoms with Gasteiger partial charge in [-0.1, -0.05) is 48.5 Å². The molecule has 1 aromatic heterocycles. The lowest BCUT2D eigenvalue weighted by atomic mass is 9.93. The summed E-state index contributed by atoms with van der Waals surface area (Å²) in [5, 5.41) is 13.9. The van der Waals surface area contributed by atoms with E-state index < -0.39 is 0 Å². The molecule has 0 unspecified atom stereocenters. The molecule has 2 aromatic carbocycles. The molecule has 2 N–H and O–H groups in total. The monoisotopic (exact) mass is 348 g/mol. The molecular weight excluding hydrogens is 324 g/mol. The van der Waals surface area contributed by atoms with Gasteiger partial charge in [-0.15, -0.1) is 0 Å². The van der Waals surface area contributed by atoms with Crippen molar-refractivity contribution in [3.63, 3.8) is 0 Å². The van der Waals surface area contributed by atoms with Crippen LogP contribution in [0.5, 0.6) is 0 Å². The fourth-order valence-corrected chi connectivity index (χ4v) is 3.81. The number of amides is 1. The summed E-state index contributed by atoms with van der Waals surface area (Å²) in [5.74, 6) is -0.0291. The Hall–Kier alpha value is -2.59. The Morgan fingerprint density at radius 2 is 1.69 bits per heavy atom. The van der Waals surface area contributed by atoms with Gasteiger partial charge in [-0.3, -0.25) is 4.79 Å². The summed E-state index contributed by atoms with van der Waals surface area (Å²) < 4.78 is 2.09. The number of aromatic nitrogens is 1. The number of nitrogens with zero attached hydrogens (tertiary/aromatic N) is 1. The number of rotatable bonds is 4. The molecule has 0 radical (unpaired) electrons. The zero-order valence-electron chi connectivity index (χ0n) is 14.8. The normalized spacial score (nSPS) is 20.2. The predicted octanol–water partition coefficient (Wildman–Crippen LogP) is 3.72. The topological polar surface area (TPSA) is 54.3 Å². The lowest BCUT2D eigenvalue weighted by Crippen LogP contribution is -2.39. The Balaban J connectivity index is 1.63. The van der Waals surface area contributed by atoms with Gasteiger partial charge < -0.3 is 15.0 Å². The number of aliphatic hydroxyl groups is 1. The quantitative estimate of drug-likeness (QED) is 0.755. The fourth-order valence-electron chi connectivity index (χ4n) is 3.81. The van der Waals surface area contributed by atoms with E-state index in [-0.39, 0.29) is 18.1 Å². The molecule has 1 heterocycles. The van der Waals surface area contributed by atoms with E-state index in [1.165, 1.54) is 5.56 Å². The van der Waals surface area contributed by atoms with E-state index in [1.54, 1.807) is 0 Å². The van der Waals surface area contributed by atoms with Crippen LogP contribution in [0.1, 0.15) is 41.7 Å². The second-order valence-corrected chi connectivity index (χ2v) is 7.14. The number of aliphatic hydroxyl groups excluding tert-OH is 1. The number of hydrogen-bond acceptors (Lipinski definition) is 2. The first-order valence-corrected chi connectivity index (χ1v) is 9.32. The molecule has 4 rings (SSSR count). The molecule has 3 aromatic rings. The summed E-state index contributed by atoms with van der Waals surface area (Å²) in [6.45, 7) is 0.667. The van der Waals surface area contributed by atoms with Crippen molar-refractivity contribution in [2.45, 2.75) is 44.4 Å². The molecule has 1 aliphatic rings. The maximum atomic E-state index is 13.0. The lowest BCUT2D eigenvalue weighted by Gasteiger charge is -2.26. The molecule has 0 saturated heterocycles. The third kappa shape index (κ3) is 3.51. The molecule has 0 atom stereocenters. The molecule has 0 aliphatic heterocycles. The van der Waals surface area contributed by atoms with Crippen LogP contribution < -0.4 is 5.32 Å². The Morgan fingerprint density at radius 3 is 2.46 bits per heavy atom. The van der Waals surface area contributed by atoms with Crippen LogP contribution in [0.15, 0.2) is 60.7 Å². The lowest BCUT2D eigenvalue weighted by molar-refractivity contribution is 0.0860. The van der Waals surface area contributed by atoms with Gasteiger partial charge in [-0.25, -0.2) is 0 Å². The van der Waals surface area contributed by atoms with Gasteiger partial charge >= 0.3 is 0 Å². The molecule has 0 spiro atoms. The van der Waals surface area contributed by atoms with Crippen LogP contribution in [0.3, 0.4) is 0 Å². The average molecular weight is 348 g/mol. The second kappa shape index (κ2) is 7.34. The van der Waals surface area contributed by atoms with Crippen LogP contribution in [-0.2, 0) is 6.54 Å². The van der Waals surface area contributed by atoms with Gasteiger partial charge in [0.1, 0.15) is 5.69 Å². The van der Waals surface area contributed by atoms with Crippen molar-refractivity contribution in [1.29, 1.82) is 0 Å². The predicted molar refractivity (Wildman–Crippen MR) is 103 cm³/mol. The average Bonchev–Trinajstić information content (AvgIpc) is 3.03. The van der Waals surface area contributed by atoms with Gasteiger partial charge in [0.25, 0.3) is 5.91 Å². The van der Waals surface area contributed by atoms with E-state index in [9.17, 15) is 9.90 Å². The van der Waals surface area contributed by atoms with Crippen LogP contribution in [0, 0.1) is 0 Å². The minimum absolute atomic E-state index is 0.0291. The van der Waals surface area contributed by atoms with Crippen molar-refractivity contribution in [3.05, 3.63) is 71.9 Å². The van der Waals surface area contributed by atoms with E-state index in [2.05, 4.69) is 28.1 Å². The van der Waals surface area contributed by atoms with Crippen molar-refractivity contribution in [1.82, 2.24) is 9.88 Å². The highest BCUT2D eigenvalue weighted by atomic mass is 16.3. The highest BCUT2D eigenvalue weighted by Crippen LogP contribution is 2.23. The highest BCUT2D eigenvalue weighted by molar-refractivity contribution is 5.99. The van der Waals surface area contributed by atoms with Crippen molar-refractivity contribution in [2.75, 3.05) is 0 Å². The first kappa shape index (κ1) is 16.9.